The second kappa shape index (κ2) is 8.96. The van der Waals surface area contributed by atoms with E-state index in [1.807, 2.05) is 42.5 Å². The molecule has 1 aromatic heterocycles. The molecular formula is C24H18FN3O2. The minimum absolute atomic E-state index is 0.181. The maximum atomic E-state index is 13.0. The van der Waals surface area contributed by atoms with Crippen LogP contribution in [0, 0.1) is 5.82 Å². The van der Waals surface area contributed by atoms with Gasteiger partial charge in [-0.15, -0.1) is 0 Å². The van der Waals surface area contributed by atoms with Crippen LogP contribution < -0.4 is 10.1 Å². The zero-order chi connectivity index (χ0) is 20.8. The molecule has 0 fully saturated rings. The van der Waals surface area contributed by atoms with Gasteiger partial charge in [-0.3, -0.25) is 4.79 Å². The summed E-state index contributed by atoms with van der Waals surface area (Å²) in [7, 11) is 0. The molecule has 1 amide bonds. The van der Waals surface area contributed by atoms with Gasteiger partial charge in [-0.1, -0.05) is 42.5 Å². The first-order valence-electron chi connectivity index (χ1n) is 9.36. The van der Waals surface area contributed by atoms with Crippen molar-refractivity contribution in [1.82, 2.24) is 9.97 Å². The summed E-state index contributed by atoms with van der Waals surface area (Å²) in [5, 5.41) is 2.80. The SMILES string of the molecule is O=C(Cc1ccc(Oc2ccc(F)cc2)cc1)Nc1ccnc(-c2ccccc2)n1. The summed E-state index contributed by atoms with van der Waals surface area (Å²) >= 11 is 0. The average molecular weight is 399 g/mol. The molecule has 0 saturated heterocycles. The van der Waals surface area contributed by atoms with Crippen molar-refractivity contribution in [2.24, 2.45) is 0 Å². The number of halogens is 1. The smallest absolute Gasteiger partial charge is 0.229 e. The zero-order valence-electron chi connectivity index (χ0n) is 16.0. The quantitative estimate of drug-likeness (QED) is 0.481. The summed E-state index contributed by atoms with van der Waals surface area (Å²) in [6.07, 6.45) is 1.81. The second-order valence-corrected chi connectivity index (χ2v) is 6.56. The number of rotatable bonds is 6. The monoisotopic (exact) mass is 399 g/mol. The number of aromatic nitrogens is 2. The summed E-state index contributed by atoms with van der Waals surface area (Å²) in [6, 6.07) is 24.2. The summed E-state index contributed by atoms with van der Waals surface area (Å²) in [5.74, 6) is 1.65. The normalized spacial score (nSPS) is 10.4. The van der Waals surface area contributed by atoms with Crippen LogP contribution in [0.2, 0.25) is 0 Å². The summed E-state index contributed by atoms with van der Waals surface area (Å²) in [4.78, 5) is 21.1. The average Bonchev–Trinajstić information content (AvgIpc) is 2.77. The van der Waals surface area contributed by atoms with Gasteiger partial charge < -0.3 is 10.1 Å². The van der Waals surface area contributed by atoms with Crippen LogP contribution in [-0.4, -0.2) is 15.9 Å². The summed E-state index contributed by atoms with van der Waals surface area (Å²) in [5.41, 5.74) is 1.71. The largest absolute Gasteiger partial charge is 0.457 e. The third kappa shape index (κ3) is 5.05. The number of benzene rings is 3. The number of nitrogens with zero attached hydrogens (tertiary/aromatic N) is 2. The molecule has 0 spiro atoms. The van der Waals surface area contributed by atoms with Crippen molar-refractivity contribution in [1.29, 1.82) is 0 Å². The summed E-state index contributed by atoms with van der Waals surface area (Å²) in [6.45, 7) is 0. The lowest BCUT2D eigenvalue weighted by atomic mass is 10.1. The van der Waals surface area contributed by atoms with Gasteiger partial charge in [0.05, 0.1) is 6.42 Å². The van der Waals surface area contributed by atoms with Crippen molar-refractivity contribution in [3.05, 3.63) is 103 Å². The van der Waals surface area contributed by atoms with E-state index in [9.17, 15) is 9.18 Å². The van der Waals surface area contributed by atoms with E-state index < -0.39 is 0 Å². The van der Waals surface area contributed by atoms with Crippen LogP contribution in [-0.2, 0) is 11.2 Å². The Hall–Kier alpha value is -4.06. The Morgan fingerprint density at radius 2 is 1.53 bits per heavy atom. The van der Waals surface area contributed by atoms with Gasteiger partial charge in [0.1, 0.15) is 23.1 Å². The van der Waals surface area contributed by atoms with E-state index in [4.69, 9.17) is 4.74 Å². The van der Waals surface area contributed by atoms with Crippen molar-refractivity contribution < 1.29 is 13.9 Å². The van der Waals surface area contributed by atoms with Crippen LogP contribution in [0.3, 0.4) is 0 Å². The van der Waals surface area contributed by atoms with Gasteiger partial charge in [-0.2, -0.15) is 0 Å². The van der Waals surface area contributed by atoms with Crippen molar-refractivity contribution >= 4 is 11.7 Å². The third-order valence-corrected chi connectivity index (χ3v) is 4.29. The number of nitrogens with one attached hydrogen (secondary N) is 1. The van der Waals surface area contributed by atoms with Crippen LogP contribution in [0.15, 0.2) is 91.1 Å². The molecule has 1 heterocycles. The van der Waals surface area contributed by atoms with E-state index in [2.05, 4.69) is 15.3 Å². The first-order valence-corrected chi connectivity index (χ1v) is 9.36. The van der Waals surface area contributed by atoms with Crippen LogP contribution in [0.4, 0.5) is 10.2 Å². The highest BCUT2D eigenvalue weighted by Crippen LogP contribution is 2.22. The molecular weight excluding hydrogens is 381 g/mol. The molecule has 0 unspecified atom stereocenters. The van der Waals surface area contributed by atoms with E-state index in [1.54, 1.807) is 36.5 Å². The van der Waals surface area contributed by atoms with Crippen molar-refractivity contribution in [3.8, 4) is 22.9 Å². The molecule has 4 rings (SSSR count). The fraction of sp³-hybridized carbons (Fsp3) is 0.0417. The number of carbonyl (C=O) groups is 1. The number of amides is 1. The number of hydrogen-bond acceptors (Lipinski definition) is 4. The first kappa shape index (κ1) is 19.3. The third-order valence-electron chi connectivity index (χ3n) is 4.29. The van der Waals surface area contributed by atoms with Gasteiger partial charge in [-0.05, 0) is 48.0 Å². The molecule has 1 N–H and O–H groups in total. The van der Waals surface area contributed by atoms with Crippen molar-refractivity contribution in [2.45, 2.75) is 6.42 Å². The molecule has 0 aliphatic carbocycles. The first-order chi connectivity index (χ1) is 14.7. The minimum Gasteiger partial charge on any atom is -0.457 e. The molecule has 30 heavy (non-hydrogen) atoms. The van der Waals surface area contributed by atoms with Crippen LogP contribution in [0.25, 0.3) is 11.4 Å². The van der Waals surface area contributed by atoms with E-state index in [-0.39, 0.29) is 18.1 Å². The molecule has 5 nitrogen and oxygen atoms in total. The fourth-order valence-corrected chi connectivity index (χ4v) is 2.84. The Morgan fingerprint density at radius 1 is 0.867 bits per heavy atom. The lowest BCUT2D eigenvalue weighted by Crippen LogP contribution is -2.15. The standard InChI is InChI=1S/C24H18FN3O2/c25-19-8-12-21(13-9-19)30-20-10-6-17(7-11-20)16-23(29)27-22-14-15-26-24(28-22)18-4-2-1-3-5-18/h1-15H,16H2,(H,26,27,28,29). The highest BCUT2D eigenvalue weighted by atomic mass is 19.1. The summed E-state index contributed by atoms with van der Waals surface area (Å²) < 4.78 is 18.6. The van der Waals surface area contributed by atoms with E-state index in [0.29, 0.717) is 23.1 Å². The Labute approximate surface area is 173 Å². The number of carbonyl (C=O) groups excluding carboxylic acids is 1. The van der Waals surface area contributed by atoms with Gasteiger partial charge in [0.15, 0.2) is 5.82 Å². The van der Waals surface area contributed by atoms with Gasteiger partial charge in [-0.25, -0.2) is 14.4 Å². The highest BCUT2D eigenvalue weighted by Gasteiger charge is 2.08. The van der Waals surface area contributed by atoms with Crippen LogP contribution in [0.1, 0.15) is 5.56 Å². The predicted molar refractivity (Wildman–Crippen MR) is 113 cm³/mol. The molecule has 3 aromatic carbocycles. The van der Waals surface area contributed by atoms with E-state index >= 15 is 0 Å². The molecule has 0 radical (unpaired) electrons. The van der Waals surface area contributed by atoms with Crippen molar-refractivity contribution in [3.63, 3.8) is 0 Å². The zero-order valence-corrected chi connectivity index (χ0v) is 16.0. The lowest BCUT2D eigenvalue weighted by molar-refractivity contribution is -0.115. The Balaban J connectivity index is 1.37. The Bertz CT molecular complexity index is 1130. The van der Waals surface area contributed by atoms with Crippen LogP contribution in [0.5, 0.6) is 11.5 Å². The van der Waals surface area contributed by atoms with Gasteiger partial charge in [0, 0.05) is 11.8 Å². The Kier molecular flexibility index (Phi) is 5.75. The molecule has 4 aromatic rings. The fourth-order valence-electron chi connectivity index (χ4n) is 2.84. The van der Waals surface area contributed by atoms with Gasteiger partial charge in [0.25, 0.3) is 0 Å². The highest BCUT2D eigenvalue weighted by molar-refractivity contribution is 5.91. The van der Waals surface area contributed by atoms with E-state index in [1.165, 1.54) is 12.1 Å². The van der Waals surface area contributed by atoms with E-state index in [0.717, 1.165) is 11.1 Å². The number of anilines is 1. The van der Waals surface area contributed by atoms with Gasteiger partial charge in [0.2, 0.25) is 5.91 Å². The molecule has 0 atom stereocenters. The molecule has 148 valence electrons. The maximum Gasteiger partial charge on any atom is 0.229 e. The predicted octanol–water partition coefficient (Wildman–Crippen LogP) is 5.26. The molecule has 6 heteroatoms. The van der Waals surface area contributed by atoms with Gasteiger partial charge >= 0.3 is 0 Å². The molecule has 0 saturated carbocycles. The molecule has 0 bridgehead atoms. The number of hydrogen-bond donors (Lipinski definition) is 1. The lowest BCUT2D eigenvalue weighted by Gasteiger charge is -2.08. The Morgan fingerprint density at radius 3 is 2.23 bits per heavy atom. The van der Waals surface area contributed by atoms with Crippen molar-refractivity contribution in [2.75, 3.05) is 5.32 Å². The maximum absolute atomic E-state index is 13.0. The second-order valence-electron chi connectivity index (χ2n) is 6.56. The molecule has 0 aliphatic rings. The molecule has 0 aliphatic heterocycles. The minimum atomic E-state index is -0.316. The number of ether oxygens (including phenoxy) is 1. The topological polar surface area (TPSA) is 64.1 Å². The van der Waals surface area contributed by atoms with Crippen LogP contribution >= 0.6 is 0 Å².